The molecule has 0 spiro atoms. The highest BCUT2D eigenvalue weighted by molar-refractivity contribution is 7.11. The average molecular weight is 254 g/mol. The topological polar surface area (TPSA) is 55.1 Å². The molecule has 4 heteroatoms. The van der Waals surface area contributed by atoms with Crippen LogP contribution in [0.25, 0.3) is 0 Å². The van der Waals surface area contributed by atoms with Crippen molar-refractivity contribution in [1.82, 2.24) is 5.32 Å². The largest absolute Gasteiger partial charge is 0.353 e. The van der Waals surface area contributed by atoms with Crippen LogP contribution >= 0.6 is 11.3 Å². The normalized spacial score (nSPS) is 14.4. The summed E-state index contributed by atoms with van der Waals surface area (Å²) in [5, 5.41) is 3.02. The Bertz CT molecular complexity index is 362. The lowest BCUT2D eigenvalue weighted by Gasteiger charge is -2.14. The second kappa shape index (κ2) is 6.77. The van der Waals surface area contributed by atoms with Crippen LogP contribution in [0, 0.1) is 12.8 Å². The molecule has 3 nitrogen and oxygen atoms in total. The van der Waals surface area contributed by atoms with E-state index in [1.54, 1.807) is 11.3 Å². The number of carbonyl (C=O) groups excluding carboxylic acids is 1. The van der Waals surface area contributed by atoms with Gasteiger partial charge >= 0.3 is 0 Å². The summed E-state index contributed by atoms with van der Waals surface area (Å²) in [6, 6.07) is 4.43. The fourth-order valence-corrected chi connectivity index (χ4v) is 2.70. The van der Waals surface area contributed by atoms with Gasteiger partial charge in [0.1, 0.15) is 0 Å². The van der Waals surface area contributed by atoms with Crippen LogP contribution in [0.2, 0.25) is 0 Å². The van der Waals surface area contributed by atoms with Gasteiger partial charge in [-0.15, -0.1) is 11.3 Å². The summed E-state index contributed by atoms with van der Waals surface area (Å²) in [6.45, 7) is 6.69. The first kappa shape index (κ1) is 14.2. The van der Waals surface area contributed by atoms with E-state index < -0.39 is 0 Å². The predicted octanol–water partition coefficient (Wildman–Crippen LogP) is 2.09. The van der Waals surface area contributed by atoms with Crippen molar-refractivity contribution < 1.29 is 4.79 Å². The molecule has 0 radical (unpaired) electrons. The highest BCUT2D eigenvalue weighted by atomic mass is 32.1. The number of nitrogens with two attached hydrogens (primary N) is 1. The van der Waals surface area contributed by atoms with Crippen LogP contribution in [0.4, 0.5) is 0 Å². The molecule has 0 aliphatic heterocycles. The summed E-state index contributed by atoms with van der Waals surface area (Å²) in [7, 11) is 0. The van der Waals surface area contributed by atoms with Crippen molar-refractivity contribution in [2.45, 2.75) is 39.7 Å². The van der Waals surface area contributed by atoms with E-state index >= 15 is 0 Å². The second-order valence-electron chi connectivity index (χ2n) is 4.73. The first-order valence-electron chi connectivity index (χ1n) is 6.06. The minimum atomic E-state index is 0.101. The van der Waals surface area contributed by atoms with E-state index in [0.717, 1.165) is 6.42 Å². The Morgan fingerprint density at radius 1 is 1.47 bits per heavy atom. The number of aryl methyl sites for hydroxylation is 1. The summed E-state index contributed by atoms with van der Waals surface area (Å²) in [5.74, 6) is 0.356. The van der Waals surface area contributed by atoms with Crippen molar-refractivity contribution in [2.75, 3.05) is 6.54 Å². The molecule has 96 valence electrons. The van der Waals surface area contributed by atoms with Crippen molar-refractivity contribution in [3.8, 4) is 0 Å². The second-order valence-corrected chi connectivity index (χ2v) is 6.10. The van der Waals surface area contributed by atoms with Crippen LogP contribution in [0.3, 0.4) is 0 Å². The van der Waals surface area contributed by atoms with Gasteiger partial charge in [0.15, 0.2) is 0 Å². The van der Waals surface area contributed by atoms with E-state index in [2.05, 4.69) is 24.4 Å². The van der Waals surface area contributed by atoms with Crippen molar-refractivity contribution in [1.29, 1.82) is 0 Å². The van der Waals surface area contributed by atoms with Crippen LogP contribution in [0.5, 0.6) is 0 Å². The summed E-state index contributed by atoms with van der Waals surface area (Å²) in [4.78, 5) is 14.3. The Morgan fingerprint density at radius 3 is 2.71 bits per heavy atom. The predicted molar refractivity (Wildman–Crippen MR) is 73.2 cm³/mol. The van der Waals surface area contributed by atoms with Gasteiger partial charge in [-0.05, 0) is 38.4 Å². The molecule has 0 aromatic carbocycles. The smallest absolute Gasteiger partial charge is 0.220 e. The van der Waals surface area contributed by atoms with Gasteiger partial charge in [0.2, 0.25) is 5.91 Å². The Hall–Kier alpha value is -0.870. The number of thiophene rings is 1. The van der Waals surface area contributed by atoms with Crippen LogP contribution in [0.15, 0.2) is 12.1 Å². The lowest BCUT2D eigenvalue weighted by Crippen LogP contribution is -2.35. The summed E-state index contributed by atoms with van der Waals surface area (Å²) >= 11 is 1.79. The fraction of sp³-hybridized carbons (Fsp3) is 0.615. The van der Waals surface area contributed by atoms with Crippen molar-refractivity contribution in [2.24, 2.45) is 11.7 Å². The number of hydrogen-bond donors (Lipinski definition) is 2. The fourth-order valence-electron chi connectivity index (χ4n) is 1.68. The average Bonchev–Trinajstić information content (AvgIpc) is 2.63. The van der Waals surface area contributed by atoms with Gasteiger partial charge in [0, 0.05) is 28.6 Å². The van der Waals surface area contributed by atoms with Gasteiger partial charge in [-0.3, -0.25) is 4.79 Å². The maximum absolute atomic E-state index is 11.7. The molecule has 1 rings (SSSR count). The summed E-state index contributed by atoms with van der Waals surface area (Å²) < 4.78 is 0. The van der Waals surface area contributed by atoms with Crippen LogP contribution < -0.4 is 11.1 Å². The van der Waals surface area contributed by atoms with Gasteiger partial charge in [-0.25, -0.2) is 0 Å². The molecule has 1 heterocycles. The van der Waals surface area contributed by atoms with Crippen molar-refractivity contribution in [3.05, 3.63) is 21.9 Å². The molecule has 0 bridgehead atoms. The molecular formula is C13H22N2OS. The Labute approximate surface area is 107 Å². The molecule has 0 fully saturated rings. The van der Waals surface area contributed by atoms with Crippen LogP contribution in [-0.2, 0) is 11.2 Å². The quantitative estimate of drug-likeness (QED) is 0.816. The number of rotatable bonds is 6. The van der Waals surface area contributed by atoms with Crippen LogP contribution in [-0.4, -0.2) is 18.5 Å². The number of carbonyl (C=O) groups is 1. The molecule has 1 aromatic heterocycles. The first-order valence-corrected chi connectivity index (χ1v) is 6.87. The van der Waals surface area contributed by atoms with Gasteiger partial charge < -0.3 is 11.1 Å². The lowest BCUT2D eigenvalue weighted by molar-refractivity contribution is -0.122. The molecule has 0 aliphatic carbocycles. The zero-order valence-electron chi connectivity index (χ0n) is 10.8. The third kappa shape index (κ3) is 5.33. The molecule has 1 aromatic rings. The summed E-state index contributed by atoms with van der Waals surface area (Å²) in [6.07, 6.45) is 1.42. The Kier molecular flexibility index (Phi) is 5.65. The van der Waals surface area contributed by atoms with Gasteiger partial charge in [-0.2, -0.15) is 0 Å². The van der Waals surface area contributed by atoms with E-state index in [-0.39, 0.29) is 17.9 Å². The Morgan fingerprint density at radius 2 is 2.18 bits per heavy atom. The molecule has 0 saturated heterocycles. The third-order valence-electron chi connectivity index (χ3n) is 2.65. The minimum absolute atomic E-state index is 0.101. The van der Waals surface area contributed by atoms with Gasteiger partial charge in [0.05, 0.1) is 0 Å². The molecule has 0 aliphatic rings. The van der Waals surface area contributed by atoms with E-state index in [0.29, 0.717) is 13.0 Å². The molecule has 0 saturated carbocycles. The number of nitrogens with one attached hydrogen (secondary N) is 1. The SMILES string of the molecule is Cc1ccc(CC(C)NC(=O)CC(C)CN)s1. The minimum Gasteiger partial charge on any atom is -0.353 e. The maximum Gasteiger partial charge on any atom is 0.220 e. The third-order valence-corrected chi connectivity index (χ3v) is 3.67. The highest BCUT2D eigenvalue weighted by Gasteiger charge is 2.11. The monoisotopic (exact) mass is 254 g/mol. The van der Waals surface area contributed by atoms with E-state index in [1.165, 1.54) is 9.75 Å². The zero-order valence-corrected chi connectivity index (χ0v) is 11.6. The Balaban J connectivity index is 2.34. The number of hydrogen-bond acceptors (Lipinski definition) is 3. The number of amides is 1. The van der Waals surface area contributed by atoms with Crippen LogP contribution in [0.1, 0.15) is 30.0 Å². The molecule has 1 amide bonds. The molecule has 17 heavy (non-hydrogen) atoms. The van der Waals surface area contributed by atoms with E-state index in [1.807, 2.05) is 13.8 Å². The van der Waals surface area contributed by atoms with Crippen molar-refractivity contribution in [3.63, 3.8) is 0 Å². The standard InChI is InChI=1S/C13H22N2OS/c1-9(8-14)6-13(16)15-10(2)7-12-5-4-11(3)17-12/h4-5,9-10H,6-8,14H2,1-3H3,(H,15,16). The molecule has 2 atom stereocenters. The van der Waals surface area contributed by atoms with Gasteiger partial charge in [0.25, 0.3) is 0 Å². The lowest BCUT2D eigenvalue weighted by atomic mass is 10.1. The summed E-state index contributed by atoms with van der Waals surface area (Å²) in [5.41, 5.74) is 5.50. The highest BCUT2D eigenvalue weighted by Crippen LogP contribution is 2.16. The molecule has 2 unspecified atom stereocenters. The first-order chi connectivity index (χ1) is 8.01. The molecular weight excluding hydrogens is 232 g/mol. The maximum atomic E-state index is 11.7. The van der Waals surface area contributed by atoms with E-state index in [9.17, 15) is 4.79 Å². The van der Waals surface area contributed by atoms with E-state index in [4.69, 9.17) is 5.73 Å². The zero-order chi connectivity index (χ0) is 12.8. The van der Waals surface area contributed by atoms with Crippen molar-refractivity contribution >= 4 is 17.2 Å². The molecule has 3 N–H and O–H groups in total. The van der Waals surface area contributed by atoms with Gasteiger partial charge in [-0.1, -0.05) is 6.92 Å².